The molecule has 4 rings (SSSR count). The number of ether oxygens (including phenoxy) is 3. The maximum absolute atomic E-state index is 11.0. The van der Waals surface area contributed by atoms with Crippen molar-refractivity contribution in [3.05, 3.63) is 47.0 Å². The summed E-state index contributed by atoms with van der Waals surface area (Å²) in [5, 5.41) is 14.0. The third kappa shape index (κ3) is 4.89. The van der Waals surface area contributed by atoms with Crippen LogP contribution in [0.3, 0.4) is 0 Å². The van der Waals surface area contributed by atoms with Crippen molar-refractivity contribution in [1.29, 1.82) is 0 Å². The Bertz CT molecular complexity index is 830. The van der Waals surface area contributed by atoms with E-state index in [0.717, 1.165) is 30.6 Å². The topological polar surface area (TPSA) is 77.0 Å². The molecule has 6 heteroatoms. The second-order valence-corrected chi connectivity index (χ2v) is 7.44. The Hall–Kier alpha value is -2.15. The third-order valence-electron chi connectivity index (χ3n) is 5.41. The minimum absolute atomic E-state index is 0.0794. The Morgan fingerprint density at radius 1 is 1.14 bits per heavy atom. The lowest BCUT2D eigenvalue weighted by atomic mass is 9.83. The van der Waals surface area contributed by atoms with E-state index in [9.17, 15) is 4.79 Å². The summed E-state index contributed by atoms with van der Waals surface area (Å²) in [7, 11) is 0. The smallest absolute Gasteiger partial charge is 0.404 e. The highest BCUT2D eigenvalue weighted by Gasteiger charge is 2.34. The van der Waals surface area contributed by atoms with E-state index < -0.39 is 11.9 Å². The van der Waals surface area contributed by atoms with Gasteiger partial charge in [-0.15, -0.1) is 0 Å². The second-order valence-electron chi connectivity index (χ2n) is 7.44. The lowest BCUT2D eigenvalue weighted by molar-refractivity contribution is -0.264. The van der Waals surface area contributed by atoms with Crippen molar-refractivity contribution < 1.29 is 24.1 Å². The Morgan fingerprint density at radius 3 is 2.38 bits per heavy atom. The SMILES string of the molecule is CC1(c2ccc3c4c(cccc24)CC(NC(=O)O)C3)OCCCO1.CCOCC. The van der Waals surface area contributed by atoms with Crippen LogP contribution in [0.5, 0.6) is 0 Å². The Morgan fingerprint density at radius 2 is 1.79 bits per heavy atom. The minimum Gasteiger partial charge on any atom is -0.465 e. The summed E-state index contributed by atoms with van der Waals surface area (Å²) in [4.78, 5) is 11.0. The molecular formula is C23H31NO5. The van der Waals surface area contributed by atoms with Crippen LogP contribution in [0.25, 0.3) is 10.8 Å². The fourth-order valence-corrected chi connectivity index (χ4v) is 4.17. The highest BCUT2D eigenvalue weighted by molar-refractivity contribution is 5.93. The number of benzene rings is 2. The molecule has 0 spiro atoms. The number of nitrogens with one attached hydrogen (secondary N) is 1. The molecule has 158 valence electrons. The molecule has 0 aromatic heterocycles. The van der Waals surface area contributed by atoms with Crippen LogP contribution in [-0.2, 0) is 32.8 Å². The van der Waals surface area contributed by atoms with Crippen molar-refractivity contribution in [2.75, 3.05) is 26.4 Å². The first-order chi connectivity index (χ1) is 14.0. The molecule has 6 nitrogen and oxygen atoms in total. The van der Waals surface area contributed by atoms with E-state index in [1.807, 2.05) is 26.8 Å². The normalized spacial score (nSPS) is 19.9. The van der Waals surface area contributed by atoms with E-state index in [1.54, 1.807) is 0 Å². The average Bonchev–Trinajstić information content (AvgIpc) is 2.69. The molecule has 1 saturated heterocycles. The van der Waals surface area contributed by atoms with E-state index >= 15 is 0 Å². The molecule has 0 radical (unpaired) electrons. The van der Waals surface area contributed by atoms with Gasteiger partial charge in [0.1, 0.15) is 0 Å². The molecule has 2 aromatic rings. The molecule has 2 N–H and O–H groups in total. The largest absolute Gasteiger partial charge is 0.465 e. The molecule has 1 aliphatic heterocycles. The second kappa shape index (κ2) is 9.57. The fourth-order valence-electron chi connectivity index (χ4n) is 4.17. The summed E-state index contributed by atoms with van der Waals surface area (Å²) in [6, 6.07) is 10.3. The predicted molar refractivity (Wildman–Crippen MR) is 112 cm³/mol. The van der Waals surface area contributed by atoms with E-state index in [0.29, 0.717) is 26.1 Å². The first-order valence-electron chi connectivity index (χ1n) is 10.4. The maximum Gasteiger partial charge on any atom is 0.404 e. The van der Waals surface area contributed by atoms with Crippen molar-refractivity contribution >= 4 is 16.9 Å². The van der Waals surface area contributed by atoms with E-state index in [4.69, 9.17) is 19.3 Å². The van der Waals surface area contributed by atoms with Crippen LogP contribution in [0, 0.1) is 0 Å². The lowest BCUT2D eigenvalue weighted by Crippen LogP contribution is -2.39. The molecule has 29 heavy (non-hydrogen) atoms. The highest BCUT2D eigenvalue weighted by Crippen LogP contribution is 2.39. The van der Waals surface area contributed by atoms with Gasteiger partial charge in [-0.1, -0.05) is 30.3 Å². The van der Waals surface area contributed by atoms with Gasteiger partial charge in [0.2, 0.25) is 0 Å². The molecule has 1 aliphatic carbocycles. The van der Waals surface area contributed by atoms with Crippen LogP contribution in [0.2, 0.25) is 0 Å². The average molecular weight is 402 g/mol. The van der Waals surface area contributed by atoms with Gasteiger partial charge in [0.25, 0.3) is 0 Å². The molecular weight excluding hydrogens is 370 g/mol. The van der Waals surface area contributed by atoms with Crippen LogP contribution in [0.15, 0.2) is 30.3 Å². The van der Waals surface area contributed by atoms with Gasteiger partial charge in [-0.2, -0.15) is 0 Å². The van der Waals surface area contributed by atoms with Gasteiger partial charge >= 0.3 is 6.09 Å². The van der Waals surface area contributed by atoms with Gasteiger partial charge in [-0.05, 0) is 61.9 Å². The zero-order valence-corrected chi connectivity index (χ0v) is 17.5. The van der Waals surface area contributed by atoms with Gasteiger partial charge in [0, 0.05) is 24.8 Å². The molecule has 2 aliphatic rings. The molecule has 2 aromatic carbocycles. The summed E-state index contributed by atoms with van der Waals surface area (Å²) < 4.78 is 16.7. The summed E-state index contributed by atoms with van der Waals surface area (Å²) in [5.41, 5.74) is 3.40. The zero-order chi connectivity index (χ0) is 20.9. The highest BCUT2D eigenvalue weighted by atomic mass is 16.7. The predicted octanol–water partition coefficient (Wildman–Crippen LogP) is 4.23. The fraction of sp³-hybridized carbons (Fsp3) is 0.522. The number of rotatable bonds is 4. The number of carboxylic acid groups (broad SMARTS) is 1. The van der Waals surface area contributed by atoms with Gasteiger partial charge in [-0.3, -0.25) is 0 Å². The van der Waals surface area contributed by atoms with Crippen LogP contribution in [0.1, 0.15) is 43.9 Å². The molecule has 1 unspecified atom stereocenters. The molecule has 0 bridgehead atoms. The first kappa shape index (κ1) is 21.6. The number of hydrogen-bond donors (Lipinski definition) is 2. The van der Waals surface area contributed by atoms with Crippen LogP contribution < -0.4 is 5.32 Å². The molecule has 1 fully saturated rings. The van der Waals surface area contributed by atoms with Crippen molar-refractivity contribution in [3.8, 4) is 0 Å². The molecule has 1 heterocycles. The first-order valence-corrected chi connectivity index (χ1v) is 10.4. The van der Waals surface area contributed by atoms with Crippen molar-refractivity contribution in [2.24, 2.45) is 0 Å². The summed E-state index contributed by atoms with van der Waals surface area (Å²) in [6.45, 7) is 9.04. The molecule has 0 saturated carbocycles. The summed E-state index contributed by atoms with van der Waals surface area (Å²) >= 11 is 0. The van der Waals surface area contributed by atoms with Crippen molar-refractivity contribution in [3.63, 3.8) is 0 Å². The molecule has 1 atom stereocenters. The summed E-state index contributed by atoms with van der Waals surface area (Å²) in [5.74, 6) is -0.717. The third-order valence-corrected chi connectivity index (χ3v) is 5.41. The minimum atomic E-state index is -0.969. The lowest BCUT2D eigenvalue weighted by Gasteiger charge is -2.36. The quantitative estimate of drug-likeness (QED) is 0.802. The standard InChI is InChI=1S/C19H21NO4.C4H10O/c1-19(23-8-3-9-24-19)16-7-6-13-11-14(20-18(21)22)10-12-4-2-5-15(16)17(12)13;1-3-5-4-2/h2,4-7,14,20H,3,8-11H2,1H3,(H,21,22);3-4H2,1-2H3. The van der Waals surface area contributed by atoms with Crippen LogP contribution >= 0.6 is 0 Å². The van der Waals surface area contributed by atoms with Gasteiger partial charge in [0.05, 0.1) is 13.2 Å². The molecule has 1 amide bonds. The Balaban J connectivity index is 0.000000431. The maximum atomic E-state index is 11.0. The van der Waals surface area contributed by atoms with Crippen molar-refractivity contribution in [2.45, 2.75) is 51.9 Å². The Kier molecular flexibility index (Phi) is 7.11. The van der Waals surface area contributed by atoms with Crippen LogP contribution in [0.4, 0.5) is 4.79 Å². The van der Waals surface area contributed by atoms with Gasteiger partial charge in [-0.25, -0.2) is 4.79 Å². The van der Waals surface area contributed by atoms with E-state index in [1.165, 1.54) is 16.5 Å². The number of amides is 1. The number of carbonyl (C=O) groups is 1. The zero-order valence-electron chi connectivity index (χ0n) is 17.5. The van der Waals surface area contributed by atoms with Gasteiger partial charge < -0.3 is 24.6 Å². The van der Waals surface area contributed by atoms with Gasteiger partial charge in [0.15, 0.2) is 5.79 Å². The monoisotopic (exact) mass is 401 g/mol. The van der Waals surface area contributed by atoms with Crippen LogP contribution in [-0.4, -0.2) is 43.7 Å². The summed E-state index contributed by atoms with van der Waals surface area (Å²) in [6.07, 6.45) is 1.36. The number of hydrogen-bond acceptors (Lipinski definition) is 4. The van der Waals surface area contributed by atoms with E-state index in [-0.39, 0.29) is 6.04 Å². The van der Waals surface area contributed by atoms with E-state index in [2.05, 4.69) is 29.6 Å². The Labute approximate surface area is 172 Å². The van der Waals surface area contributed by atoms with Crippen molar-refractivity contribution in [1.82, 2.24) is 5.32 Å².